The zero-order chi connectivity index (χ0) is 13.8. The number of hydrogen-bond acceptors (Lipinski definition) is 3. The molecule has 0 atom stereocenters. The lowest BCUT2D eigenvalue weighted by molar-refractivity contribution is -0.124. The van der Waals surface area contributed by atoms with E-state index in [1.54, 1.807) is 18.7 Å². The minimum absolute atomic E-state index is 0.182. The van der Waals surface area contributed by atoms with Crippen molar-refractivity contribution in [2.45, 2.75) is 32.2 Å². The zero-order valence-corrected chi connectivity index (χ0v) is 11.3. The summed E-state index contributed by atoms with van der Waals surface area (Å²) < 4.78 is 5.04. The molecule has 1 aliphatic rings. The minimum atomic E-state index is 0.182. The number of nitrogens with one attached hydrogen (secondary N) is 1. The predicted molar refractivity (Wildman–Crippen MR) is 75.7 cm³/mol. The SMILES string of the molecule is O=C(NCc1ccc(-c2ccoc2)nc1)C1CCCC1. The Morgan fingerprint density at radius 3 is 2.80 bits per heavy atom. The molecule has 0 bridgehead atoms. The van der Waals surface area contributed by atoms with Crippen molar-refractivity contribution in [3.8, 4) is 11.3 Å². The van der Waals surface area contributed by atoms with Crippen molar-refractivity contribution >= 4 is 5.91 Å². The van der Waals surface area contributed by atoms with Crippen LogP contribution in [-0.2, 0) is 11.3 Å². The van der Waals surface area contributed by atoms with Gasteiger partial charge in [-0.15, -0.1) is 0 Å². The Morgan fingerprint density at radius 2 is 2.15 bits per heavy atom. The summed E-state index contributed by atoms with van der Waals surface area (Å²) in [6, 6.07) is 5.82. The van der Waals surface area contributed by atoms with Gasteiger partial charge in [0.05, 0.1) is 18.2 Å². The monoisotopic (exact) mass is 270 g/mol. The first-order valence-electron chi connectivity index (χ1n) is 7.08. The molecule has 0 aliphatic heterocycles. The number of nitrogens with zero attached hydrogens (tertiary/aromatic N) is 1. The van der Waals surface area contributed by atoms with E-state index in [0.717, 1.165) is 29.7 Å². The molecular formula is C16H18N2O2. The van der Waals surface area contributed by atoms with E-state index < -0.39 is 0 Å². The Labute approximate surface area is 118 Å². The van der Waals surface area contributed by atoms with Crippen LogP contribution < -0.4 is 5.32 Å². The summed E-state index contributed by atoms with van der Waals surface area (Å²) in [5, 5.41) is 3.00. The number of amides is 1. The summed E-state index contributed by atoms with van der Waals surface area (Å²) in [7, 11) is 0. The Morgan fingerprint density at radius 1 is 1.30 bits per heavy atom. The predicted octanol–water partition coefficient (Wildman–Crippen LogP) is 3.15. The Hall–Kier alpha value is -2.10. The highest BCUT2D eigenvalue weighted by Crippen LogP contribution is 2.24. The van der Waals surface area contributed by atoms with Crippen molar-refractivity contribution in [2.75, 3.05) is 0 Å². The molecule has 1 aliphatic carbocycles. The molecule has 1 amide bonds. The van der Waals surface area contributed by atoms with Crippen LogP contribution in [0.15, 0.2) is 41.3 Å². The van der Waals surface area contributed by atoms with Gasteiger partial charge in [0.25, 0.3) is 0 Å². The lowest BCUT2D eigenvalue weighted by Gasteiger charge is -2.10. The van der Waals surface area contributed by atoms with E-state index in [4.69, 9.17) is 4.42 Å². The van der Waals surface area contributed by atoms with Crippen molar-refractivity contribution in [3.05, 3.63) is 42.5 Å². The molecule has 0 spiro atoms. The number of furan rings is 1. The van der Waals surface area contributed by atoms with Crippen LogP contribution in [0.25, 0.3) is 11.3 Å². The topological polar surface area (TPSA) is 55.1 Å². The number of pyridine rings is 1. The van der Waals surface area contributed by atoms with Gasteiger partial charge in [-0.1, -0.05) is 18.9 Å². The standard InChI is InChI=1S/C16H18N2O2/c19-16(13-3-1-2-4-13)18-10-12-5-6-15(17-9-12)14-7-8-20-11-14/h5-9,11,13H,1-4,10H2,(H,18,19). The second kappa shape index (κ2) is 5.90. The van der Waals surface area contributed by atoms with Gasteiger partial charge in [-0.25, -0.2) is 0 Å². The molecule has 0 saturated heterocycles. The van der Waals surface area contributed by atoms with Crippen LogP contribution in [0.2, 0.25) is 0 Å². The summed E-state index contributed by atoms with van der Waals surface area (Å²) in [5.74, 6) is 0.398. The maximum atomic E-state index is 11.9. The van der Waals surface area contributed by atoms with Gasteiger partial charge in [0.1, 0.15) is 0 Å². The third kappa shape index (κ3) is 2.90. The first kappa shape index (κ1) is 12.9. The van der Waals surface area contributed by atoms with E-state index in [2.05, 4.69) is 10.3 Å². The van der Waals surface area contributed by atoms with Gasteiger partial charge in [-0.3, -0.25) is 9.78 Å². The maximum Gasteiger partial charge on any atom is 0.223 e. The summed E-state index contributed by atoms with van der Waals surface area (Å²) in [6.07, 6.45) is 9.53. The third-order valence-electron chi connectivity index (χ3n) is 3.83. The molecule has 104 valence electrons. The van der Waals surface area contributed by atoms with Gasteiger partial charge in [0.15, 0.2) is 0 Å². The molecular weight excluding hydrogens is 252 g/mol. The normalized spacial score (nSPS) is 15.4. The molecule has 1 saturated carbocycles. The molecule has 3 rings (SSSR count). The Kier molecular flexibility index (Phi) is 3.81. The summed E-state index contributed by atoms with van der Waals surface area (Å²) >= 11 is 0. The average molecular weight is 270 g/mol. The molecule has 0 aromatic carbocycles. The first-order valence-corrected chi connectivity index (χ1v) is 7.08. The van der Waals surface area contributed by atoms with E-state index in [1.807, 2.05) is 18.2 Å². The van der Waals surface area contributed by atoms with E-state index in [0.29, 0.717) is 6.54 Å². The lowest BCUT2D eigenvalue weighted by atomic mass is 10.1. The number of rotatable bonds is 4. The zero-order valence-electron chi connectivity index (χ0n) is 11.3. The van der Waals surface area contributed by atoms with Crippen LogP contribution in [0.4, 0.5) is 0 Å². The fourth-order valence-corrected chi connectivity index (χ4v) is 2.63. The largest absolute Gasteiger partial charge is 0.472 e. The number of carbonyl (C=O) groups is 1. The average Bonchev–Trinajstić information content (AvgIpc) is 3.18. The smallest absolute Gasteiger partial charge is 0.223 e. The van der Waals surface area contributed by atoms with E-state index >= 15 is 0 Å². The molecule has 0 radical (unpaired) electrons. The maximum absolute atomic E-state index is 11.9. The van der Waals surface area contributed by atoms with E-state index in [-0.39, 0.29) is 11.8 Å². The lowest BCUT2D eigenvalue weighted by Crippen LogP contribution is -2.28. The fourth-order valence-electron chi connectivity index (χ4n) is 2.63. The van der Waals surface area contributed by atoms with E-state index in [9.17, 15) is 4.79 Å². The molecule has 1 fully saturated rings. The van der Waals surface area contributed by atoms with Crippen LogP contribution in [0.1, 0.15) is 31.2 Å². The van der Waals surface area contributed by atoms with Gasteiger partial charge in [0.2, 0.25) is 5.91 Å². The molecule has 0 unspecified atom stereocenters. The van der Waals surface area contributed by atoms with Crippen LogP contribution in [0, 0.1) is 5.92 Å². The number of carbonyl (C=O) groups excluding carboxylic acids is 1. The van der Waals surface area contributed by atoms with Crippen molar-refractivity contribution in [1.29, 1.82) is 0 Å². The summed E-state index contributed by atoms with van der Waals surface area (Å²) in [5.41, 5.74) is 2.86. The van der Waals surface area contributed by atoms with Crippen LogP contribution >= 0.6 is 0 Å². The molecule has 4 heteroatoms. The van der Waals surface area contributed by atoms with Gasteiger partial charge >= 0.3 is 0 Å². The first-order chi connectivity index (χ1) is 9.83. The molecule has 4 nitrogen and oxygen atoms in total. The molecule has 2 aromatic rings. The highest BCUT2D eigenvalue weighted by atomic mass is 16.3. The van der Waals surface area contributed by atoms with Gasteiger partial charge in [-0.05, 0) is 30.5 Å². The van der Waals surface area contributed by atoms with Crippen LogP contribution in [-0.4, -0.2) is 10.9 Å². The highest BCUT2D eigenvalue weighted by molar-refractivity contribution is 5.78. The minimum Gasteiger partial charge on any atom is -0.472 e. The van der Waals surface area contributed by atoms with Gasteiger partial charge < -0.3 is 9.73 Å². The molecule has 2 aromatic heterocycles. The number of aromatic nitrogens is 1. The quantitative estimate of drug-likeness (QED) is 0.928. The molecule has 20 heavy (non-hydrogen) atoms. The fraction of sp³-hybridized carbons (Fsp3) is 0.375. The van der Waals surface area contributed by atoms with Crippen LogP contribution in [0.5, 0.6) is 0 Å². The van der Waals surface area contributed by atoms with Gasteiger partial charge in [0, 0.05) is 24.2 Å². The second-order valence-electron chi connectivity index (χ2n) is 5.26. The Bertz CT molecular complexity index is 555. The molecule has 2 heterocycles. The van der Waals surface area contributed by atoms with Crippen molar-refractivity contribution in [3.63, 3.8) is 0 Å². The Balaban J connectivity index is 1.57. The van der Waals surface area contributed by atoms with Crippen molar-refractivity contribution < 1.29 is 9.21 Å². The third-order valence-corrected chi connectivity index (χ3v) is 3.83. The highest BCUT2D eigenvalue weighted by Gasteiger charge is 2.22. The summed E-state index contributed by atoms with van der Waals surface area (Å²) in [4.78, 5) is 16.3. The second-order valence-corrected chi connectivity index (χ2v) is 5.26. The van der Waals surface area contributed by atoms with Crippen molar-refractivity contribution in [2.24, 2.45) is 5.92 Å². The van der Waals surface area contributed by atoms with Crippen LogP contribution in [0.3, 0.4) is 0 Å². The van der Waals surface area contributed by atoms with Gasteiger partial charge in [-0.2, -0.15) is 0 Å². The van der Waals surface area contributed by atoms with Crippen molar-refractivity contribution in [1.82, 2.24) is 10.3 Å². The number of hydrogen-bond donors (Lipinski definition) is 1. The van der Waals surface area contributed by atoms with E-state index in [1.165, 1.54) is 12.8 Å². The molecule has 1 N–H and O–H groups in total. The summed E-state index contributed by atoms with van der Waals surface area (Å²) in [6.45, 7) is 0.550.